The molecule has 0 saturated carbocycles. The first-order valence-corrected chi connectivity index (χ1v) is 9.92. The Balaban J connectivity index is 0.00000364. The maximum absolute atomic E-state index is 12.0. The van der Waals surface area contributed by atoms with Gasteiger partial charge in [0.05, 0.1) is 6.61 Å². The molecule has 2 rings (SSSR count). The number of nitrogens with zero attached hydrogens (tertiary/aromatic N) is 1. The number of carbonyl (C=O) groups is 1. The van der Waals surface area contributed by atoms with Gasteiger partial charge in [0, 0.05) is 45.5 Å². The van der Waals surface area contributed by atoms with Crippen LogP contribution in [0, 0.1) is 0 Å². The van der Waals surface area contributed by atoms with E-state index in [-0.39, 0.29) is 18.4 Å². The molecule has 0 unspecified atom stereocenters. The maximum atomic E-state index is 12.0. The Morgan fingerprint density at radius 2 is 1.85 bits per heavy atom. The zero-order valence-electron chi connectivity index (χ0n) is 16.7. The summed E-state index contributed by atoms with van der Waals surface area (Å²) >= 11 is 0. The highest BCUT2D eigenvalue weighted by Gasteiger charge is 2.39. The fourth-order valence-corrected chi connectivity index (χ4v) is 3.27. The highest BCUT2D eigenvalue weighted by molar-refractivity contribution is 5.85. The second-order valence-corrected chi connectivity index (χ2v) is 6.89. The van der Waals surface area contributed by atoms with E-state index in [2.05, 4.69) is 36.1 Å². The Labute approximate surface area is 170 Å². The first kappa shape index (κ1) is 23.7. The highest BCUT2D eigenvalue weighted by Crippen LogP contribution is 2.37. The summed E-state index contributed by atoms with van der Waals surface area (Å²) in [6.07, 6.45) is 8.67. The van der Waals surface area contributed by atoms with Crippen molar-refractivity contribution in [3.8, 4) is 0 Å². The number of rotatable bonds is 10. The summed E-state index contributed by atoms with van der Waals surface area (Å²) in [7, 11) is 0. The summed E-state index contributed by atoms with van der Waals surface area (Å²) in [5, 5.41) is 0. The molecular weight excluding hydrogens is 362 g/mol. The Kier molecular flexibility index (Phi) is 11.3. The third kappa shape index (κ3) is 7.65. The van der Waals surface area contributed by atoms with E-state index in [1.807, 2.05) is 25.1 Å². The Bertz CT molecular complexity index is 554. The summed E-state index contributed by atoms with van der Waals surface area (Å²) in [5.74, 6) is -0.119. The van der Waals surface area contributed by atoms with Crippen molar-refractivity contribution < 1.29 is 14.3 Å². The molecule has 27 heavy (non-hydrogen) atoms. The largest absolute Gasteiger partial charge is 0.454 e. The smallest absolute Gasteiger partial charge is 0.306 e. The average molecular weight is 396 g/mol. The minimum absolute atomic E-state index is 0. The summed E-state index contributed by atoms with van der Waals surface area (Å²) in [5.41, 5.74) is 0.638. The minimum Gasteiger partial charge on any atom is -0.454 e. The second-order valence-electron chi connectivity index (χ2n) is 6.89. The van der Waals surface area contributed by atoms with Gasteiger partial charge in [-0.25, -0.2) is 0 Å². The molecule has 0 bridgehead atoms. The number of piperidine rings is 1. The van der Waals surface area contributed by atoms with E-state index < -0.39 is 5.60 Å². The monoisotopic (exact) mass is 395 g/mol. The molecule has 1 aromatic rings. The lowest BCUT2D eigenvalue weighted by molar-refractivity contribution is -0.166. The Morgan fingerprint density at radius 3 is 2.48 bits per heavy atom. The fraction of sp³-hybridized carbons (Fsp3) is 0.591. The number of benzene rings is 1. The van der Waals surface area contributed by atoms with Crippen LogP contribution < -0.4 is 0 Å². The first-order chi connectivity index (χ1) is 12.7. The highest BCUT2D eigenvalue weighted by atomic mass is 35.5. The molecule has 1 fully saturated rings. The van der Waals surface area contributed by atoms with E-state index in [4.69, 9.17) is 9.47 Å². The molecule has 0 spiro atoms. The van der Waals surface area contributed by atoms with Gasteiger partial charge in [0.25, 0.3) is 0 Å². The zero-order chi connectivity index (χ0) is 18.7. The van der Waals surface area contributed by atoms with Crippen LogP contribution in [0.25, 0.3) is 0 Å². The molecule has 0 radical (unpaired) electrons. The van der Waals surface area contributed by atoms with Crippen molar-refractivity contribution in [2.45, 2.75) is 51.6 Å². The third-order valence-electron chi connectivity index (χ3n) is 4.95. The standard InChI is InChI=1S/C22H33NO3.ClH/c1-3-5-18-25-19-10-9-15-23-16-13-22(14-17-23,26-21(24)4-2)20-11-7-6-8-12-20;/h6-12H,3-5,13-19H2,1-2H3;1H. The number of hydrogen-bond acceptors (Lipinski definition) is 4. The van der Waals surface area contributed by atoms with Crippen LogP contribution in [0.1, 0.15) is 51.5 Å². The molecule has 0 amide bonds. The van der Waals surface area contributed by atoms with Crippen LogP contribution in [-0.4, -0.2) is 43.7 Å². The van der Waals surface area contributed by atoms with Gasteiger partial charge in [-0.1, -0.05) is 62.8 Å². The topological polar surface area (TPSA) is 38.8 Å². The van der Waals surface area contributed by atoms with Crippen LogP contribution in [0.15, 0.2) is 42.5 Å². The Morgan fingerprint density at radius 1 is 1.15 bits per heavy atom. The van der Waals surface area contributed by atoms with Gasteiger partial charge in [0.1, 0.15) is 5.60 Å². The summed E-state index contributed by atoms with van der Waals surface area (Å²) in [4.78, 5) is 14.4. The minimum atomic E-state index is -0.474. The lowest BCUT2D eigenvalue weighted by Crippen LogP contribution is -2.45. The molecule has 1 aliphatic heterocycles. The van der Waals surface area contributed by atoms with Crippen molar-refractivity contribution in [3.63, 3.8) is 0 Å². The number of esters is 1. The number of carbonyl (C=O) groups excluding carboxylic acids is 1. The van der Waals surface area contributed by atoms with Gasteiger partial charge in [0.2, 0.25) is 0 Å². The van der Waals surface area contributed by atoms with Crippen molar-refractivity contribution in [1.82, 2.24) is 4.90 Å². The quantitative estimate of drug-likeness (QED) is 0.326. The average Bonchev–Trinajstić information content (AvgIpc) is 2.69. The lowest BCUT2D eigenvalue weighted by Gasteiger charge is -2.41. The van der Waals surface area contributed by atoms with Crippen molar-refractivity contribution in [2.24, 2.45) is 0 Å². The summed E-state index contributed by atoms with van der Waals surface area (Å²) < 4.78 is 11.5. The molecule has 0 atom stereocenters. The molecule has 1 heterocycles. The second kappa shape index (κ2) is 12.9. The molecule has 4 nitrogen and oxygen atoms in total. The van der Waals surface area contributed by atoms with Gasteiger partial charge in [0.15, 0.2) is 0 Å². The molecule has 1 saturated heterocycles. The van der Waals surface area contributed by atoms with Crippen LogP contribution in [0.3, 0.4) is 0 Å². The van der Waals surface area contributed by atoms with E-state index in [1.165, 1.54) is 6.42 Å². The number of unbranched alkanes of at least 4 members (excludes halogenated alkanes) is 1. The van der Waals surface area contributed by atoms with Gasteiger partial charge in [-0.3, -0.25) is 9.69 Å². The molecule has 1 aliphatic rings. The molecule has 0 aliphatic carbocycles. The van der Waals surface area contributed by atoms with Gasteiger partial charge in [-0.2, -0.15) is 0 Å². The predicted octanol–water partition coefficient (Wildman–Crippen LogP) is 4.73. The number of hydrogen-bond donors (Lipinski definition) is 0. The molecular formula is C22H34ClNO3. The van der Waals surface area contributed by atoms with Crippen molar-refractivity contribution in [1.29, 1.82) is 0 Å². The summed E-state index contributed by atoms with van der Waals surface area (Å²) in [6.45, 7) is 8.32. The van der Waals surface area contributed by atoms with Gasteiger partial charge in [-0.05, 0) is 12.0 Å². The van der Waals surface area contributed by atoms with Crippen molar-refractivity contribution in [2.75, 3.05) is 32.8 Å². The molecule has 1 aromatic carbocycles. The third-order valence-corrected chi connectivity index (χ3v) is 4.95. The van der Waals surface area contributed by atoms with Crippen LogP contribution in [0.2, 0.25) is 0 Å². The van der Waals surface area contributed by atoms with Gasteiger partial charge in [-0.15, -0.1) is 12.4 Å². The molecule has 0 N–H and O–H groups in total. The van der Waals surface area contributed by atoms with E-state index >= 15 is 0 Å². The fourth-order valence-electron chi connectivity index (χ4n) is 3.27. The van der Waals surface area contributed by atoms with Crippen LogP contribution >= 0.6 is 12.4 Å². The number of likely N-dealkylation sites (tertiary alicyclic amines) is 1. The Hall–Kier alpha value is -1.36. The van der Waals surface area contributed by atoms with Crippen molar-refractivity contribution in [3.05, 3.63) is 48.0 Å². The van der Waals surface area contributed by atoms with E-state index in [0.717, 1.165) is 51.1 Å². The van der Waals surface area contributed by atoms with Crippen LogP contribution in [0.5, 0.6) is 0 Å². The predicted molar refractivity (Wildman–Crippen MR) is 112 cm³/mol. The number of halogens is 1. The van der Waals surface area contributed by atoms with Crippen LogP contribution in [-0.2, 0) is 19.9 Å². The summed E-state index contributed by atoms with van der Waals surface area (Å²) in [6, 6.07) is 10.2. The number of ether oxygens (including phenoxy) is 2. The lowest BCUT2D eigenvalue weighted by atomic mass is 9.84. The van der Waals surface area contributed by atoms with E-state index in [0.29, 0.717) is 13.0 Å². The van der Waals surface area contributed by atoms with E-state index in [1.54, 1.807) is 0 Å². The molecule has 0 aromatic heterocycles. The van der Waals surface area contributed by atoms with Gasteiger partial charge < -0.3 is 9.47 Å². The first-order valence-electron chi connectivity index (χ1n) is 9.92. The molecule has 5 heteroatoms. The van der Waals surface area contributed by atoms with Crippen molar-refractivity contribution >= 4 is 18.4 Å². The SMILES string of the molecule is CCCCOCC=CCN1CCC(OC(=O)CC)(c2ccccc2)CC1.Cl. The van der Waals surface area contributed by atoms with Crippen LogP contribution in [0.4, 0.5) is 0 Å². The molecule has 152 valence electrons. The van der Waals surface area contributed by atoms with E-state index in [9.17, 15) is 4.79 Å². The zero-order valence-corrected chi connectivity index (χ0v) is 17.5. The normalized spacial score (nSPS) is 16.8. The van der Waals surface area contributed by atoms with Gasteiger partial charge >= 0.3 is 5.97 Å². The maximum Gasteiger partial charge on any atom is 0.306 e.